The minimum atomic E-state index is -1.19. The summed E-state index contributed by atoms with van der Waals surface area (Å²) in [5.74, 6) is -2.85. The lowest BCUT2D eigenvalue weighted by Gasteiger charge is -2.47. The van der Waals surface area contributed by atoms with Crippen molar-refractivity contribution in [2.24, 2.45) is 28.3 Å². The Morgan fingerprint density at radius 2 is 2.09 bits per heavy atom. The molecule has 1 aromatic heterocycles. The number of aliphatic hydroxyl groups excluding tert-OH is 1. The van der Waals surface area contributed by atoms with Crippen LogP contribution in [0.15, 0.2) is 22.6 Å². The normalized spacial score (nSPS) is 29.6. The quantitative estimate of drug-likeness (QED) is 0.140. The summed E-state index contributed by atoms with van der Waals surface area (Å²) in [7, 11) is 0. The number of hydrogen-bond donors (Lipinski definition) is 5. The van der Waals surface area contributed by atoms with Gasteiger partial charge in [0, 0.05) is 31.6 Å². The largest absolute Gasteiger partial charge is 0.477 e. The van der Waals surface area contributed by atoms with E-state index in [2.05, 4.69) is 25.8 Å². The molecular formula is C19H28N10O5. The van der Waals surface area contributed by atoms with Crippen molar-refractivity contribution in [3.05, 3.63) is 17.6 Å². The summed E-state index contributed by atoms with van der Waals surface area (Å²) in [6, 6.07) is -1.41. The number of β-lactam (4-membered cyclic amide) rings is 1. The van der Waals surface area contributed by atoms with E-state index in [9.17, 15) is 24.6 Å². The molecule has 2 saturated heterocycles. The van der Waals surface area contributed by atoms with E-state index in [1.165, 1.54) is 15.9 Å². The van der Waals surface area contributed by atoms with Crippen molar-refractivity contribution in [3.63, 3.8) is 0 Å². The van der Waals surface area contributed by atoms with E-state index in [1.54, 1.807) is 6.92 Å². The number of tetrazole rings is 1. The fraction of sp³-hybridized carbons (Fsp3) is 0.632. The zero-order valence-corrected chi connectivity index (χ0v) is 18.8. The van der Waals surface area contributed by atoms with Gasteiger partial charge in [0.05, 0.1) is 24.1 Å². The van der Waals surface area contributed by atoms with Gasteiger partial charge in [-0.3, -0.25) is 14.5 Å². The number of nitrogens with two attached hydrogens (primary N) is 2. The number of nitrogens with zero attached hydrogens (tertiary/aromatic N) is 7. The van der Waals surface area contributed by atoms with E-state index in [1.807, 2.05) is 11.8 Å². The van der Waals surface area contributed by atoms with Gasteiger partial charge >= 0.3 is 5.97 Å². The van der Waals surface area contributed by atoms with Crippen LogP contribution in [-0.4, -0.2) is 108 Å². The second kappa shape index (κ2) is 8.98. The Labute approximate surface area is 194 Å². The van der Waals surface area contributed by atoms with Crippen LogP contribution in [0.2, 0.25) is 0 Å². The first-order valence-corrected chi connectivity index (χ1v) is 10.9. The Bertz CT molecular complexity index is 1040. The highest BCUT2D eigenvalue weighted by Gasteiger charge is 2.60. The average Bonchev–Trinajstić information content (AvgIpc) is 3.41. The van der Waals surface area contributed by atoms with Crippen molar-refractivity contribution in [2.45, 2.75) is 44.6 Å². The number of carboxylic acid groups (broad SMARTS) is 1. The molecule has 3 aliphatic rings. The topological polar surface area (TPSA) is 218 Å². The predicted molar refractivity (Wildman–Crippen MR) is 115 cm³/mol. The number of likely N-dealkylation sites (tertiary alicyclic amines) is 1. The van der Waals surface area contributed by atoms with Crippen molar-refractivity contribution >= 4 is 23.7 Å². The molecule has 4 rings (SSSR count). The first-order valence-electron chi connectivity index (χ1n) is 10.9. The molecule has 2 fully saturated rings. The number of aliphatic imine (C=N–C) groups is 1. The van der Waals surface area contributed by atoms with E-state index in [-0.39, 0.29) is 49.0 Å². The molecule has 0 radical (unpaired) electrons. The predicted octanol–water partition coefficient (Wildman–Crippen LogP) is -3.69. The van der Waals surface area contributed by atoms with E-state index in [0.717, 1.165) is 0 Å². The van der Waals surface area contributed by atoms with Gasteiger partial charge in [-0.2, -0.15) is 0 Å². The minimum absolute atomic E-state index is 0.0363. The summed E-state index contributed by atoms with van der Waals surface area (Å²) in [4.78, 5) is 44.7. The van der Waals surface area contributed by atoms with Gasteiger partial charge in [-0.15, -0.1) is 5.10 Å². The number of guanidine groups is 1. The van der Waals surface area contributed by atoms with Crippen LogP contribution < -0.4 is 16.8 Å². The van der Waals surface area contributed by atoms with Crippen molar-refractivity contribution in [1.82, 2.24) is 35.3 Å². The van der Waals surface area contributed by atoms with Crippen LogP contribution in [0, 0.1) is 11.8 Å². The number of carbonyl (C=O) groups excluding carboxylic acids is 2. The summed E-state index contributed by atoms with van der Waals surface area (Å²) in [6.07, 6.45) is 0.525. The summed E-state index contributed by atoms with van der Waals surface area (Å²) in [6.45, 7) is 4.38. The molecule has 34 heavy (non-hydrogen) atoms. The summed E-state index contributed by atoms with van der Waals surface area (Å²) < 4.78 is 1.26. The number of fused-ring (bicyclic) bond motifs is 1. The van der Waals surface area contributed by atoms with E-state index >= 15 is 0 Å². The first-order chi connectivity index (χ1) is 16.1. The van der Waals surface area contributed by atoms with E-state index in [4.69, 9.17) is 11.5 Å². The minimum Gasteiger partial charge on any atom is -0.477 e. The van der Waals surface area contributed by atoms with Crippen LogP contribution in [0.5, 0.6) is 0 Å². The van der Waals surface area contributed by atoms with Crippen LogP contribution in [0.4, 0.5) is 0 Å². The fourth-order valence-corrected chi connectivity index (χ4v) is 5.20. The molecule has 7 N–H and O–H groups in total. The number of carbonyl (C=O) groups is 3. The van der Waals surface area contributed by atoms with Gasteiger partial charge in [-0.1, -0.05) is 6.92 Å². The zero-order valence-electron chi connectivity index (χ0n) is 18.8. The van der Waals surface area contributed by atoms with Gasteiger partial charge in [0.1, 0.15) is 18.6 Å². The number of aliphatic hydroxyl groups is 1. The van der Waals surface area contributed by atoms with Gasteiger partial charge in [0.2, 0.25) is 11.8 Å². The van der Waals surface area contributed by atoms with Gasteiger partial charge in [0.25, 0.3) is 0 Å². The van der Waals surface area contributed by atoms with Gasteiger partial charge < -0.3 is 31.9 Å². The molecule has 1 aromatic rings. The van der Waals surface area contributed by atoms with Crippen molar-refractivity contribution in [2.75, 3.05) is 19.6 Å². The Morgan fingerprint density at radius 3 is 2.71 bits per heavy atom. The van der Waals surface area contributed by atoms with Crippen LogP contribution in [0.1, 0.15) is 13.8 Å². The van der Waals surface area contributed by atoms with Crippen LogP contribution >= 0.6 is 0 Å². The molecule has 15 heteroatoms. The van der Waals surface area contributed by atoms with E-state index in [0.29, 0.717) is 12.1 Å². The number of nitrogens with one attached hydrogen (secondary N) is 1. The SMILES string of the molecule is C[C@@H](NC(=O)Cn1cnnn1)[C@H]1C(=O)N2C(C(=O)O)=C(CN3CC(N=C(N)N)[C@@H](O)C3)[C@H](C)[C@H]12. The number of rotatable bonds is 8. The molecule has 184 valence electrons. The van der Waals surface area contributed by atoms with Gasteiger partial charge in [0.15, 0.2) is 5.96 Å². The van der Waals surface area contributed by atoms with Crippen LogP contribution in [-0.2, 0) is 20.9 Å². The van der Waals surface area contributed by atoms with Crippen molar-refractivity contribution in [1.29, 1.82) is 0 Å². The van der Waals surface area contributed by atoms with Gasteiger partial charge in [-0.25, -0.2) is 14.5 Å². The molecule has 4 heterocycles. The molecule has 0 bridgehead atoms. The molecule has 0 spiro atoms. The number of hydrogen-bond acceptors (Lipinski definition) is 9. The second-order valence-electron chi connectivity index (χ2n) is 8.94. The number of amides is 2. The third-order valence-corrected chi connectivity index (χ3v) is 6.67. The molecule has 3 aliphatic heterocycles. The fourth-order valence-electron chi connectivity index (χ4n) is 5.20. The number of β-amino-alcohol motifs (C(OH)–C–C–N with tert-alkyl or cyclic N) is 1. The molecule has 1 unspecified atom stereocenters. The number of carboxylic acids is 1. The average molecular weight is 476 g/mol. The molecule has 15 nitrogen and oxygen atoms in total. The molecule has 0 aliphatic carbocycles. The maximum absolute atomic E-state index is 13.0. The summed E-state index contributed by atoms with van der Waals surface area (Å²) in [5, 5.41) is 33.5. The third-order valence-electron chi connectivity index (χ3n) is 6.67. The third kappa shape index (κ3) is 4.19. The maximum atomic E-state index is 13.0. The lowest BCUT2D eigenvalue weighted by atomic mass is 9.76. The Morgan fingerprint density at radius 1 is 1.35 bits per heavy atom. The number of aliphatic carboxylic acids is 1. The Hall–Kier alpha value is -3.59. The highest BCUT2D eigenvalue weighted by Crippen LogP contribution is 2.47. The zero-order chi connectivity index (χ0) is 24.7. The molecule has 2 amide bonds. The first kappa shape index (κ1) is 23.6. The van der Waals surface area contributed by atoms with Gasteiger partial charge in [-0.05, 0) is 22.9 Å². The van der Waals surface area contributed by atoms with E-state index < -0.39 is 36.1 Å². The molecule has 0 saturated carbocycles. The standard InChI is InChI=1S/C19H28N10O5/c1-8-10(3-27-4-11(12(30)5-27)24-19(20)21)16(18(33)34)29-15(8)14(17(29)32)9(2)23-13(31)6-28-7-22-25-26-28/h7-9,11-12,14-15,30H,3-6H2,1-2H3,(H,23,31)(H,33,34)(H4,20,21,24)/t8-,9+,11?,12-,14+,15+/m0/s1. The summed E-state index contributed by atoms with van der Waals surface area (Å²) in [5.41, 5.74) is 11.4. The molecule has 6 atom stereocenters. The second-order valence-corrected chi connectivity index (χ2v) is 8.94. The van der Waals surface area contributed by atoms with Crippen molar-refractivity contribution < 1.29 is 24.6 Å². The Kier molecular flexibility index (Phi) is 6.22. The smallest absolute Gasteiger partial charge is 0.352 e. The molecule has 0 aromatic carbocycles. The highest BCUT2D eigenvalue weighted by molar-refractivity contribution is 6.00. The molecular weight excluding hydrogens is 448 g/mol. The maximum Gasteiger partial charge on any atom is 0.352 e. The highest BCUT2D eigenvalue weighted by atomic mass is 16.4. The lowest BCUT2D eigenvalue weighted by Crippen LogP contribution is -2.66. The van der Waals surface area contributed by atoms with Crippen LogP contribution in [0.3, 0.4) is 0 Å². The lowest BCUT2D eigenvalue weighted by molar-refractivity contribution is -0.158. The van der Waals surface area contributed by atoms with Crippen molar-refractivity contribution in [3.8, 4) is 0 Å². The summed E-state index contributed by atoms with van der Waals surface area (Å²) >= 11 is 0. The Balaban J connectivity index is 1.46. The van der Waals surface area contributed by atoms with Crippen LogP contribution in [0.25, 0.3) is 0 Å². The number of aromatic nitrogens is 4. The monoisotopic (exact) mass is 476 g/mol.